The molecule has 1 aromatic heterocycles. The number of nitrogens with one attached hydrogen (secondary N) is 1. The summed E-state index contributed by atoms with van der Waals surface area (Å²) >= 11 is 6.98. The zero-order valence-corrected chi connectivity index (χ0v) is 14.6. The van der Waals surface area contributed by atoms with E-state index in [9.17, 15) is 0 Å². The van der Waals surface area contributed by atoms with Crippen LogP contribution < -0.4 is 5.32 Å². The lowest BCUT2D eigenvalue weighted by atomic mass is 10.0. The minimum absolute atomic E-state index is 0.374. The van der Waals surface area contributed by atoms with Crippen LogP contribution in [0, 0.1) is 0 Å². The van der Waals surface area contributed by atoms with Crippen LogP contribution in [0.15, 0.2) is 51.5 Å². The second kappa shape index (κ2) is 7.91. The molecular formula is C16H18Br2N2. The van der Waals surface area contributed by atoms with Gasteiger partial charge in [-0.1, -0.05) is 43.7 Å². The monoisotopic (exact) mass is 396 g/mol. The normalized spacial score (nSPS) is 12.3. The van der Waals surface area contributed by atoms with Crippen LogP contribution >= 0.6 is 31.9 Å². The first kappa shape index (κ1) is 15.7. The van der Waals surface area contributed by atoms with Gasteiger partial charge in [-0.2, -0.15) is 0 Å². The summed E-state index contributed by atoms with van der Waals surface area (Å²) in [6.07, 6.45) is 4.11. The van der Waals surface area contributed by atoms with E-state index >= 15 is 0 Å². The number of halogens is 2. The van der Waals surface area contributed by atoms with Gasteiger partial charge in [-0.3, -0.25) is 4.98 Å². The highest BCUT2D eigenvalue weighted by molar-refractivity contribution is 9.11. The fourth-order valence-corrected chi connectivity index (χ4v) is 3.28. The first-order chi connectivity index (χ1) is 9.70. The van der Waals surface area contributed by atoms with Crippen molar-refractivity contribution in [3.05, 3.63) is 62.8 Å². The van der Waals surface area contributed by atoms with Crippen molar-refractivity contribution in [2.45, 2.75) is 32.4 Å². The Balaban J connectivity index is 2.06. The van der Waals surface area contributed by atoms with E-state index in [4.69, 9.17) is 0 Å². The Morgan fingerprint density at radius 3 is 2.60 bits per heavy atom. The number of rotatable bonds is 6. The van der Waals surface area contributed by atoms with Gasteiger partial charge in [0.25, 0.3) is 0 Å². The fraction of sp³-hybridized carbons (Fsp3) is 0.312. The van der Waals surface area contributed by atoms with Crippen molar-refractivity contribution in [3.8, 4) is 0 Å². The lowest BCUT2D eigenvalue weighted by molar-refractivity contribution is 0.489. The zero-order valence-electron chi connectivity index (χ0n) is 11.4. The number of hydrogen-bond acceptors (Lipinski definition) is 2. The maximum absolute atomic E-state index is 4.45. The van der Waals surface area contributed by atoms with Gasteiger partial charge in [0.15, 0.2) is 0 Å². The third-order valence-electron chi connectivity index (χ3n) is 3.18. The van der Waals surface area contributed by atoms with Gasteiger partial charge in [0.2, 0.25) is 0 Å². The van der Waals surface area contributed by atoms with Gasteiger partial charge in [-0.25, -0.2) is 0 Å². The van der Waals surface area contributed by atoms with Crippen molar-refractivity contribution in [1.82, 2.24) is 10.3 Å². The molecule has 0 bridgehead atoms. The van der Waals surface area contributed by atoms with E-state index in [0.717, 1.165) is 34.0 Å². The van der Waals surface area contributed by atoms with E-state index in [-0.39, 0.29) is 0 Å². The summed E-state index contributed by atoms with van der Waals surface area (Å²) in [6.45, 7) is 2.97. The molecule has 0 aliphatic carbocycles. The number of benzene rings is 1. The Bertz CT molecular complexity index is 543. The number of aromatic nitrogens is 1. The quantitative estimate of drug-likeness (QED) is 0.720. The van der Waals surface area contributed by atoms with Crippen molar-refractivity contribution in [1.29, 1.82) is 0 Å². The first-order valence-corrected chi connectivity index (χ1v) is 8.37. The van der Waals surface area contributed by atoms with E-state index in [2.05, 4.69) is 79.4 Å². The summed E-state index contributed by atoms with van der Waals surface area (Å²) in [5, 5.41) is 3.61. The topological polar surface area (TPSA) is 24.9 Å². The van der Waals surface area contributed by atoms with Gasteiger partial charge >= 0.3 is 0 Å². The summed E-state index contributed by atoms with van der Waals surface area (Å²) in [5.74, 6) is 0. The van der Waals surface area contributed by atoms with Crippen molar-refractivity contribution in [3.63, 3.8) is 0 Å². The molecule has 0 aliphatic heterocycles. The lowest BCUT2D eigenvalue weighted by Gasteiger charge is -2.18. The minimum Gasteiger partial charge on any atom is -0.304 e. The number of pyridine rings is 1. The molecule has 106 valence electrons. The molecule has 0 fully saturated rings. The van der Waals surface area contributed by atoms with Gasteiger partial charge in [0.1, 0.15) is 0 Å². The minimum atomic E-state index is 0.374. The maximum Gasteiger partial charge on any atom is 0.0684 e. The highest BCUT2D eigenvalue weighted by Gasteiger charge is 2.11. The molecule has 1 heterocycles. The third-order valence-corrected chi connectivity index (χ3v) is 4.30. The van der Waals surface area contributed by atoms with Crippen LogP contribution in [-0.4, -0.2) is 4.98 Å². The molecule has 1 unspecified atom stereocenters. The standard InChI is InChI=1S/C16H18Br2N2/c1-2-6-15(12-7-4-3-5-8-12)20-11-16-14(18)9-13(17)10-19-16/h3-5,7-10,15,20H,2,6,11H2,1H3. The van der Waals surface area contributed by atoms with Gasteiger partial charge in [-0.15, -0.1) is 0 Å². The summed E-state index contributed by atoms with van der Waals surface area (Å²) in [4.78, 5) is 4.45. The molecule has 1 atom stereocenters. The second-order valence-corrected chi connectivity index (χ2v) is 6.48. The molecule has 2 nitrogen and oxygen atoms in total. The van der Waals surface area contributed by atoms with Crippen LogP contribution in [0.5, 0.6) is 0 Å². The van der Waals surface area contributed by atoms with E-state index in [1.54, 1.807) is 0 Å². The highest BCUT2D eigenvalue weighted by Crippen LogP contribution is 2.22. The van der Waals surface area contributed by atoms with Crippen LogP contribution in [0.1, 0.15) is 37.1 Å². The molecular weight excluding hydrogens is 380 g/mol. The number of nitrogens with zero attached hydrogens (tertiary/aromatic N) is 1. The first-order valence-electron chi connectivity index (χ1n) is 6.79. The maximum atomic E-state index is 4.45. The fourth-order valence-electron chi connectivity index (χ4n) is 2.15. The molecule has 0 spiro atoms. The SMILES string of the molecule is CCCC(NCc1ncc(Br)cc1Br)c1ccccc1. The van der Waals surface area contributed by atoms with E-state index in [1.165, 1.54) is 5.56 Å². The van der Waals surface area contributed by atoms with Crippen molar-refractivity contribution in [2.24, 2.45) is 0 Å². The highest BCUT2D eigenvalue weighted by atomic mass is 79.9. The molecule has 20 heavy (non-hydrogen) atoms. The predicted molar refractivity (Wildman–Crippen MR) is 90.6 cm³/mol. The van der Waals surface area contributed by atoms with Crippen LogP contribution in [0.25, 0.3) is 0 Å². The average molecular weight is 398 g/mol. The predicted octanol–water partition coefficient (Wildman–Crippen LogP) is 5.24. The molecule has 2 aromatic rings. The second-order valence-electron chi connectivity index (χ2n) is 4.71. The zero-order chi connectivity index (χ0) is 14.4. The Kier molecular flexibility index (Phi) is 6.20. The van der Waals surface area contributed by atoms with Crippen molar-refractivity contribution in [2.75, 3.05) is 0 Å². The summed E-state index contributed by atoms with van der Waals surface area (Å²) < 4.78 is 2.02. The third kappa shape index (κ3) is 4.40. The molecule has 0 saturated carbocycles. The molecule has 0 amide bonds. The molecule has 1 N–H and O–H groups in total. The molecule has 0 saturated heterocycles. The van der Waals surface area contributed by atoms with Crippen LogP contribution in [0.2, 0.25) is 0 Å². The van der Waals surface area contributed by atoms with Gasteiger partial charge in [0.05, 0.1) is 5.69 Å². The smallest absolute Gasteiger partial charge is 0.0684 e. The van der Waals surface area contributed by atoms with Crippen LogP contribution in [0.4, 0.5) is 0 Å². The van der Waals surface area contributed by atoms with E-state index < -0.39 is 0 Å². The molecule has 2 rings (SSSR count). The Morgan fingerprint density at radius 2 is 1.95 bits per heavy atom. The Hall–Kier alpha value is -0.710. The largest absolute Gasteiger partial charge is 0.304 e. The Morgan fingerprint density at radius 1 is 1.20 bits per heavy atom. The van der Waals surface area contributed by atoms with Crippen LogP contribution in [0.3, 0.4) is 0 Å². The molecule has 0 radical (unpaired) electrons. The number of hydrogen-bond donors (Lipinski definition) is 1. The van der Waals surface area contributed by atoms with Gasteiger partial charge < -0.3 is 5.32 Å². The van der Waals surface area contributed by atoms with Crippen LogP contribution in [-0.2, 0) is 6.54 Å². The van der Waals surface area contributed by atoms with Crippen molar-refractivity contribution < 1.29 is 0 Å². The lowest BCUT2D eigenvalue weighted by Crippen LogP contribution is -2.21. The molecule has 0 aliphatic rings. The summed E-state index contributed by atoms with van der Waals surface area (Å²) in [7, 11) is 0. The average Bonchev–Trinajstić information content (AvgIpc) is 2.46. The Labute approximate surface area is 137 Å². The molecule has 1 aromatic carbocycles. The summed E-state index contributed by atoms with van der Waals surface area (Å²) in [6, 6.07) is 13.0. The van der Waals surface area contributed by atoms with Gasteiger partial charge in [-0.05, 0) is 49.9 Å². The molecule has 4 heteroatoms. The summed E-state index contributed by atoms with van der Waals surface area (Å²) in [5.41, 5.74) is 2.37. The van der Waals surface area contributed by atoms with E-state index in [0.29, 0.717) is 6.04 Å². The van der Waals surface area contributed by atoms with E-state index in [1.807, 2.05) is 12.3 Å². The van der Waals surface area contributed by atoms with Crippen molar-refractivity contribution >= 4 is 31.9 Å². The van der Waals surface area contributed by atoms with Gasteiger partial charge in [0, 0.05) is 27.7 Å².